The Bertz CT molecular complexity index is 691. The molecule has 2 rings (SSSR count). The molecule has 0 atom stereocenters. The van der Waals surface area contributed by atoms with Crippen molar-refractivity contribution in [2.75, 3.05) is 0 Å². The fourth-order valence-corrected chi connectivity index (χ4v) is 2.58. The number of carboxylic acids is 1. The second-order valence-electron chi connectivity index (χ2n) is 4.01. The van der Waals surface area contributed by atoms with Gasteiger partial charge < -0.3 is 5.11 Å². The fraction of sp³-hybridized carbons (Fsp3) is 0.0769. The predicted molar refractivity (Wildman–Crippen MR) is 78.9 cm³/mol. The summed E-state index contributed by atoms with van der Waals surface area (Å²) in [6.07, 6.45) is 1.25. The summed E-state index contributed by atoms with van der Waals surface area (Å²) < 4.78 is 0. The number of carbonyl (C=O) groups is 1. The maximum absolute atomic E-state index is 11.0. The molecule has 0 unspecified atom stereocenters. The molecule has 108 valence electrons. The number of hydrogen-bond donors (Lipinski definition) is 1. The van der Waals surface area contributed by atoms with Gasteiger partial charge in [0.15, 0.2) is 0 Å². The lowest BCUT2D eigenvalue weighted by atomic mass is 10.2. The Balaban J connectivity index is 2.13. The Morgan fingerprint density at radius 1 is 1.38 bits per heavy atom. The first-order valence-electron chi connectivity index (χ1n) is 5.72. The highest BCUT2D eigenvalue weighted by molar-refractivity contribution is 7.98. The van der Waals surface area contributed by atoms with Crippen molar-refractivity contribution in [2.45, 2.75) is 10.8 Å². The third kappa shape index (κ3) is 3.93. The normalized spacial score (nSPS) is 10.3. The number of nitro benzene ring substituents is 1. The number of aromatic nitrogens is 1. The Labute approximate surface area is 128 Å². The number of carboxylic acid groups (broad SMARTS) is 1. The lowest BCUT2D eigenvalue weighted by molar-refractivity contribution is -0.385. The molecule has 0 amide bonds. The molecule has 0 aliphatic heterocycles. The molecule has 0 spiro atoms. The molecule has 0 saturated carbocycles. The fourth-order valence-electron chi connectivity index (χ4n) is 1.57. The summed E-state index contributed by atoms with van der Waals surface area (Å²) in [4.78, 5) is 25.2. The molecule has 0 fully saturated rings. The Morgan fingerprint density at radius 3 is 2.71 bits per heavy atom. The first-order valence-corrected chi connectivity index (χ1v) is 7.08. The molecule has 6 nitrogen and oxygen atoms in total. The van der Waals surface area contributed by atoms with Crippen LogP contribution in [0.3, 0.4) is 0 Å². The molecule has 0 saturated heterocycles. The average Bonchev–Trinajstić information content (AvgIpc) is 2.46. The lowest BCUT2D eigenvalue weighted by Crippen LogP contribution is -1.97. The standard InChI is InChI=1S/C13H9ClN2O4S/c14-10-3-1-9(11(5-10)16(19)20)7-21-12-4-2-8(6-15-12)13(17)18/h1-6H,7H2,(H,17,18). The van der Waals surface area contributed by atoms with Crippen LogP contribution < -0.4 is 0 Å². The molecule has 1 N–H and O–H groups in total. The van der Waals surface area contributed by atoms with E-state index in [1.807, 2.05) is 0 Å². The maximum atomic E-state index is 11.0. The van der Waals surface area contributed by atoms with Gasteiger partial charge in [0.05, 0.1) is 15.5 Å². The summed E-state index contributed by atoms with van der Waals surface area (Å²) in [5.74, 6) is -0.709. The van der Waals surface area contributed by atoms with Gasteiger partial charge >= 0.3 is 5.97 Å². The van der Waals surface area contributed by atoms with Crippen LogP contribution in [0, 0.1) is 10.1 Å². The van der Waals surface area contributed by atoms with Gasteiger partial charge in [0.25, 0.3) is 5.69 Å². The van der Waals surface area contributed by atoms with Crippen LogP contribution >= 0.6 is 23.4 Å². The number of rotatable bonds is 5. The summed E-state index contributed by atoms with van der Waals surface area (Å²) in [5, 5.41) is 20.6. The van der Waals surface area contributed by atoms with Crippen LogP contribution in [0.25, 0.3) is 0 Å². The van der Waals surface area contributed by atoms with Gasteiger partial charge in [-0.2, -0.15) is 0 Å². The second kappa shape index (κ2) is 6.55. The SMILES string of the molecule is O=C(O)c1ccc(SCc2ccc(Cl)cc2[N+](=O)[O-])nc1. The lowest BCUT2D eigenvalue weighted by Gasteiger charge is -2.04. The van der Waals surface area contributed by atoms with E-state index >= 15 is 0 Å². The van der Waals surface area contributed by atoms with E-state index < -0.39 is 10.9 Å². The van der Waals surface area contributed by atoms with Crippen molar-refractivity contribution in [2.24, 2.45) is 0 Å². The van der Waals surface area contributed by atoms with E-state index in [4.69, 9.17) is 16.7 Å². The van der Waals surface area contributed by atoms with Crippen molar-refractivity contribution in [3.63, 3.8) is 0 Å². The first kappa shape index (κ1) is 15.3. The second-order valence-corrected chi connectivity index (χ2v) is 5.44. The minimum atomic E-state index is -1.05. The molecule has 0 aliphatic rings. The van der Waals surface area contributed by atoms with Crippen molar-refractivity contribution < 1.29 is 14.8 Å². The largest absolute Gasteiger partial charge is 0.478 e. The molecule has 0 bridgehead atoms. The minimum Gasteiger partial charge on any atom is -0.478 e. The van der Waals surface area contributed by atoms with Gasteiger partial charge in [0, 0.05) is 28.6 Å². The van der Waals surface area contributed by atoms with E-state index in [1.165, 1.54) is 30.1 Å². The van der Waals surface area contributed by atoms with Gasteiger partial charge in [-0.1, -0.05) is 11.6 Å². The molecule has 1 aromatic heterocycles. The molecule has 21 heavy (non-hydrogen) atoms. The third-order valence-electron chi connectivity index (χ3n) is 2.60. The minimum absolute atomic E-state index is 0.0443. The van der Waals surface area contributed by atoms with Crippen molar-refractivity contribution in [3.8, 4) is 0 Å². The summed E-state index contributed by atoms with van der Waals surface area (Å²) >= 11 is 7.03. The van der Waals surface area contributed by atoms with Crippen LogP contribution in [-0.2, 0) is 5.75 Å². The summed E-state index contributed by atoms with van der Waals surface area (Å²) in [5.41, 5.74) is 0.576. The Hall–Kier alpha value is -2.12. The highest BCUT2D eigenvalue weighted by Crippen LogP contribution is 2.29. The Morgan fingerprint density at radius 2 is 2.14 bits per heavy atom. The number of thioether (sulfide) groups is 1. The molecule has 0 radical (unpaired) electrons. The van der Waals surface area contributed by atoms with E-state index in [0.29, 0.717) is 21.4 Å². The highest BCUT2D eigenvalue weighted by Gasteiger charge is 2.14. The topological polar surface area (TPSA) is 93.3 Å². The van der Waals surface area contributed by atoms with Crippen molar-refractivity contribution >= 4 is 35.0 Å². The van der Waals surface area contributed by atoms with Crippen LogP contribution in [0.5, 0.6) is 0 Å². The average molecular weight is 325 g/mol. The van der Waals surface area contributed by atoms with Gasteiger partial charge in [-0.25, -0.2) is 9.78 Å². The summed E-state index contributed by atoms with van der Waals surface area (Å²) in [6.45, 7) is 0. The monoisotopic (exact) mass is 324 g/mol. The van der Waals surface area contributed by atoms with E-state index in [9.17, 15) is 14.9 Å². The van der Waals surface area contributed by atoms with Gasteiger partial charge in [-0.3, -0.25) is 10.1 Å². The van der Waals surface area contributed by atoms with E-state index in [-0.39, 0.29) is 11.3 Å². The van der Waals surface area contributed by atoms with Gasteiger partial charge in [-0.05, 0) is 24.3 Å². The zero-order chi connectivity index (χ0) is 15.4. The van der Waals surface area contributed by atoms with E-state index in [1.54, 1.807) is 18.2 Å². The zero-order valence-electron chi connectivity index (χ0n) is 10.5. The van der Waals surface area contributed by atoms with Crippen LogP contribution in [0.15, 0.2) is 41.6 Å². The van der Waals surface area contributed by atoms with Crippen LogP contribution in [0.4, 0.5) is 5.69 Å². The van der Waals surface area contributed by atoms with Crippen molar-refractivity contribution in [1.82, 2.24) is 4.98 Å². The van der Waals surface area contributed by atoms with Gasteiger partial charge in [0.1, 0.15) is 0 Å². The van der Waals surface area contributed by atoms with E-state index in [2.05, 4.69) is 4.98 Å². The van der Waals surface area contributed by atoms with E-state index in [0.717, 1.165) is 0 Å². The smallest absolute Gasteiger partial charge is 0.337 e. The summed E-state index contributed by atoms with van der Waals surface area (Å²) in [7, 11) is 0. The molecular weight excluding hydrogens is 316 g/mol. The molecular formula is C13H9ClN2O4S. The molecule has 0 aliphatic carbocycles. The number of aromatic carboxylic acids is 1. The van der Waals surface area contributed by atoms with Crippen LogP contribution in [0.2, 0.25) is 5.02 Å². The van der Waals surface area contributed by atoms with Gasteiger partial charge in [0.2, 0.25) is 0 Å². The number of halogens is 1. The number of pyridine rings is 1. The molecule has 2 aromatic rings. The zero-order valence-corrected chi connectivity index (χ0v) is 12.1. The number of nitro groups is 1. The maximum Gasteiger partial charge on any atom is 0.337 e. The molecule has 1 aromatic carbocycles. The molecule has 1 heterocycles. The number of benzene rings is 1. The summed E-state index contributed by atoms with van der Waals surface area (Å²) in [6, 6.07) is 7.49. The first-order chi connectivity index (χ1) is 9.97. The third-order valence-corrected chi connectivity index (χ3v) is 3.83. The predicted octanol–water partition coefficient (Wildman–Crippen LogP) is 3.63. The quantitative estimate of drug-likeness (QED) is 0.512. The van der Waals surface area contributed by atoms with Crippen molar-refractivity contribution in [3.05, 3.63) is 62.8 Å². The Kier molecular flexibility index (Phi) is 4.77. The van der Waals surface area contributed by atoms with Crippen LogP contribution in [-0.4, -0.2) is 21.0 Å². The van der Waals surface area contributed by atoms with Gasteiger partial charge in [-0.15, -0.1) is 11.8 Å². The highest BCUT2D eigenvalue weighted by atomic mass is 35.5. The van der Waals surface area contributed by atoms with Crippen molar-refractivity contribution in [1.29, 1.82) is 0 Å². The molecule has 8 heteroatoms. The number of nitrogens with zero attached hydrogens (tertiary/aromatic N) is 2. The van der Waals surface area contributed by atoms with Crippen LogP contribution in [0.1, 0.15) is 15.9 Å². The number of hydrogen-bond acceptors (Lipinski definition) is 5.